The van der Waals surface area contributed by atoms with Crippen LogP contribution in [-0.4, -0.2) is 17.0 Å². The Hall–Kier alpha value is -2.24. The SMILES string of the molecule is NC(=O)C=Cc1cc(F)c(C(=O)O)cc1F. The van der Waals surface area contributed by atoms with Crippen LogP contribution in [0.2, 0.25) is 0 Å². The lowest BCUT2D eigenvalue weighted by molar-refractivity contribution is -0.113. The van der Waals surface area contributed by atoms with E-state index in [9.17, 15) is 18.4 Å². The molecule has 1 amide bonds. The molecule has 0 aliphatic carbocycles. The lowest BCUT2D eigenvalue weighted by atomic mass is 10.1. The third-order valence-corrected chi connectivity index (χ3v) is 1.74. The van der Waals surface area contributed by atoms with E-state index in [4.69, 9.17) is 10.8 Å². The zero-order valence-electron chi connectivity index (χ0n) is 7.91. The fourth-order valence-electron chi connectivity index (χ4n) is 1.03. The number of hydrogen-bond donors (Lipinski definition) is 2. The normalized spacial score (nSPS) is 10.6. The summed E-state index contributed by atoms with van der Waals surface area (Å²) in [5.74, 6) is -4.42. The summed E-state index contributed by atoms with van der Waals surface area (Å²) in [5, 5.41) is 8.50. The second kappa shape index (κ2) is 4.52. The van der Waals surface area contributed by atoms with Gasteiger partial charge in [-0.3, -0.25) is 4.79 Å². The third-order valence-electron chi connectivity index (χ3n) is 1.74. The maximum Gasteiger partial charge on any atom is 0.338 e. The van der Waals surface area contributed by atoms with Crippen LogP contribution in [0.3, 0.4) is 0 Å². The topological polar surface area (TPSA) is 80.4 Å². The number of benzene rings is 1. The summed E-state index contributed by atoms with van der Waals surface area (Å²) in [5.41, 5.74) is 3.75. The molecule has 0 saturated heterocycles. The molecule has 0 radical (unpaired) electrons. The summed E-state index contributed by atoms with van der Waals surface area (Å²) in [4.78, 5) is 20.8. The molecule has 0 aromatic heterocycles. The molecule has 0 aliphatic rings. The number of amides is 1. The number of carboxylic acids is 1. The van der Waals surface area contributed by atoms with Crippen molar-refractivity contribution in [1.29, 1.82) is 0 Å². The molecule has 6 heteroatoms. The highest BCUT2D eigenvalue weighted by Gasteiger charge is 2.13. The zero-order valence-corrected chi connectivity index (χ0v) is 7.91. The van der Waals surface area contributed by atoms with E-state index < -0.39 is 29.1 Å². The highest BCUT2D eigenvalue weighted by molar-refractivity contribution is 5.91. The first-order chi connectivity index (χ1) is 7.41. The standard InChI is InChI=1S/C10H7F2NO3/c11-7-4-6(10(15)16)8(12)3-5(7)1-2-9(13)14/h1-4H,(H2,13,14)(H,15,16). The van der Waals surface area contributed by atoms with Gasteiger partial charge in [0.15, 0.2) is 0 Å². The molecular formula is C10H7F2NO3. The molecule has 0 aliphatic heterocycles. The summed E-state index contributed by atoms with van der Waals surface area (Å²) in [6.45, 7) is 0. The van der Waals surface area contributed by atoms with Crippen molar-refractivity contribution in [3.63, 3.8) is 0 Å². The van der Waals surface area contributed by atoms with Gasteiger partial charge in [0.25, 0.3) is 0 Å². The Morgan fingerprint density at radius 3 is 2.38 bits per heavy atom. The highest BCUT2D eigenvalue weighted by Crippen LogP contribution is 2.16. The summed E-state index contributed by atoms with van der Waals surface area (Å²) in [7, 11) is 0. The molecule has 0 atom stereocenters. The number of halogens is 2. The number of hydrogen-bond acceptors (Lipinski definition) is 2. The molecular weight excluding hydrogens is 220 g/mol. The minimum atomic E-state index is -1.57. The van der Waals surface area contributed by atoms with E-state index in [1.807, 2.05) is 0 Å². The summed E-state index contributed by atoms with van der Waals surface area (Å²) < 4.78 is 26.3. The van der Waals surface area contributed by atoms with E-state index >= 15 is 0 Å². The fourth-order valence-corrected chi connectivity index (χ4v) is 1.03. The number of nitrogens with two attached hydrogens (primary N) is 1. The monoisotopic (exact) mass is 227 g/mol. The number of rotatable bonds is 3. The summed E-state index contributed by atoms with van der Waals surface area (Å²) in [6.07, 6.45) is 1.81. The molecule has 0 bridgehead atoms. The first kappa shape index (κ1) is 11.8. The molecule has 0 fully saturated rings. The quantitative estimate of drug-likeness (QED) is 0.760. The minimum Gasteiger partial charge on any atom is -0.478 e. The molecule has 1 rings (SSSR count). The van der Waals surface area contributed by atoms with Crippen LogP contribution in [0.4, 0.5) is 8.78 Å². The van der Waals surface area contributed by atoms with Gasteiger partial charge in [-0.1, -0.05) is 0 Å². The smallest absolute Gasteiger partial charge is 0.338 e. The number of aromatic carboxylic acids is 1. The van der Waals surface area contributed by atoms with Crippen LogP contribution < -0.4 is 5.73 Å². The number of carbonyl (C=O) groups is 2. The van der Waals surface area contributed by atoms with E-state index in [1.54, 1.807) is 0 Å². The number of carboxylic acid groups (broad SMARTS) is 1. The Morgan fingerprint density at radius 1 is 1.25 bits per heavy atom. The van der Waals surface area contributed by atoms with E-state index in [-0.39, 0.29) is 5.56 Å². The van der Waals surface area contributed by atoms with Gasteiger partial charge in [-0.2, -0.15) is 0 Å². The van der Waals surface area contributed by atoms with Crippen molar-refractivity contribution in [1.82, 2.24) is 0 Å². The van der Waals surface area contributed by atoms with Gasteiger partial charge in [0, 0.05) is 11.6 Å². The first-order valence-corrected chi connectivity index (χ1v) is 4.11. The van der Waals surface area contributed by atoms with Crippen molar-refractivity contribution in [3.8, 4) is 0 Å². The van der Waals surface area contributed by atoms with Crippen molar-refractivity contribution in [2.75, 3.05) is 0 Å². The molecule has 0 saturated carbocycles. The predicted molar refractivity (Wildman–Crippen MR) is 51.5 cm³/mol. The average Bonchev–Trinajstić information content (AvgIpc) is 2.18. The molecule has 0 heterocycles. The van der Waals surface area contributed by atoms with Crippen LogP contribution in [0.5, 0.6) is 0 Å². The fraction of sp³-hybridized carbons (Fsp3) is 0. The molecule has 1 aromatic carbocycles. The van der Waals surface area contributed by atoms with Crippen molar-refractivity contribution in [3.05, 3.63) is 41.0 Å². The van der Waals surface area contributed by atoms with Gasteiger partial charge >= 0.3 is 5.97 Å². The molecule has 1 aromatic rings. The van der Waals surface area contributed by atoms with Crippen molar-refractivity contribution < 1.29 is 23.5 Å². The highest BCUT2D eigenvalue weighted by atomic mass is 19.1. The Balaban J connectivity index is 3.20. The Bertz CT molecular complexity index is 483. The van der Waals surface area contributed by atoms with Gasteiger partial charge in [-0.25, -0.2) is 13.6 Å². The molecule has 16 heavy (non-hydrogen) atoms. The van der Waals surface area contributed by atoms with Crippen LogP contribution in [0.1, 0.15) is 15.9 Å². The van der Waals surface area contributed by atoms with Crippen molar-refractivity contribution in [2.45, 2.75) is 0 Å². The van der Waals surface area contributed by atoms with E-state index in [2.05, 4.69) is 0 Å². The molecule has 0 unspecified atom stereocenters. The molecule has 84 valence electrons. The van der Waals surface area contributed by atoms with Crippen LogP contribution in [0.25, 0.3) is 6.08 Å². The second-order valence-corrected chi connectivity index (χ2v) is 2.89. The zero-order chi connectivity index (χ0) is 12.3. The molecule has 0 spiro atoms. The van der Waals surface area contributed by atoms with E-state index in [0.717, 1.165) is 12.2 Å². The lowest BCUT2D eigenvalue weighted by Gasteiger charge is -2.01. The third kappa shape index (κ3) is 2.63. The van der Waals surface area contributed by atoms with Gasteiger partial charge in [0.1, 0.15) is 11.6 Å². The first-order valence-electron chi connectivity index (χ1n) is 4.11. The van der Waals surface area contributed by atoms with E-state index in [0.29, 0.717) is 12.1 Å². The minimum absolute atomic E-state index is 0.249. The summed E-state index contributed by atoms with van der Waals surface area (Å²) in [6, 6.07) is 1.22. The van der Waals surface area contributed by atoms with Gasteiger partial charge in [0.2, 0.25) is 5.91 Å². The van der Waals surface area contributed by atoms with Crippen LogP contribution in [-0.2, 0) is 4.79 Å². The number of primary amides is 1. The van der Waals surface area contributed by atoms with Gasteiger partial charge in [-0.15, -0.1) is 0 Å². The maximum atomic E-state index is 13.2. The predicted octanol–water partition coefficient (Wildman–Crippen LogP) is 1.16. The van der Waals surface area contributed by atoms with Crippen LogP contribution in [0, 0.1) is 11.6 Å². The van der Waals surface area contributed by atoms with Gasteiger partial charge < -0.3 is 10.8 Å². The van der Waals surface area contributed by atoms with Crippen LogP contribution in [0.15, 0.2) is 18.2 Å². The second-order valence-electron chi connectivity index (χ2n) is 2.89. The largest absolute Gasteiger partial charge is 0.478 e. The summed E-state index contributed by atoms with van der Waals surface area (Å²) >= 11 is 0. The van der Waals surface area contributed by atoms with Gasteiger partial charge in [0.05, 0.1) is 5.56 Å². The Kier molecular flexibility index (Phi) is 3.34. The lowest BCUT2D eigenvalue weighted by Crippen LogP contribution is -2.06. The van der Waals surface area contributed by atoms with Crippen molar-refractivity contribution >= 4 is 18.0 Å². The number of carbonyl (C=O) groups excluding carboxylic acids is 1. The Labute approximate surface area is 89.0 Å². The van der Waals surface area contributed by atoms with Gasteiger partial charge in [-0.05, 0) is 18.2 Å². The van der Waals surface area contributed by atoms with E-state index in [1.165, 1.54) is 0 Å². The van der Waals surface area contributed by atoms with Crippen molar-refractivity contribution in [2.24, 2.45) is 5.73 Å². The molecule has 3 N–H and O–H groups in total. The Morgan fingerprint density at radius 2 is 1.88 bits per heavy atom. The maximum absolute atomic E-state index is 13.2. The molecule has 4 nitrogen and oxygen atoms in total. The van der Waals surface area contributed by atoms with Crippen LogP contribution >= 0.6 is 0 Å². The average molecular weight is 227 g/mol.